The van der Waals surface area contributed by atoms with E-state index in [-0.39, 0.29) is 11.5 Å². The number of hydrogen-bond acceptors (Lipinski definition) is 2. The number of aliphatic hydroxyl groups excluding tert-OH is 1. The second-order valence-corrected chi connectivity index (χ2v) is 10.7. The molecule has 4 aliphatic rings. The van der Waals surface area contributed by atoms with Crippen molar-refractivity contribution in [3.63, 3.8) is 0 Å². The molecule has 0 unspecified atom stereocenters. The number of fused-ring (bicyclic) bond motifs is 5. The first-order valence-electron chi connectivity index (χ1n) is 11.5. The first-order chi connectivity index (χ1) is 13.5. The molecule has 1 aromatic rings. The van der Waals surface area contributed by atoms with Crippen LogP contribution in [0.4, 0.5) is 0 Å². The summed E-state index contributed by atoms with van der Waals surface area (Å²) >= 11 is 0. The molecule has 5 rings (SSSR count). The van der Waals surface area contributed by atoms with Gasteiger partial charge in [0.2, 0.25) is 0 Å². The normalized spacial score (nSPS) is 44.9. The standard InChI is InChI=1S/C26H36O2/c1-25-14-12-18(17-4-7-20(28-3)8-5-17)16-19(25)6-9-21-22-10-11-24(27)26(22,2)15-13-23(21)25/h4-5,7-8,12,19,21-24,27H,6,9-11,13-16H2,1-3H3/t19-,21+,22+,23-,24+,25+,26+/m1/s1. The van der Waals surface area contributed by atoms with Crippen LogP contribution in [-0.2, 0) is 0 Å². The average molecular weight is 381 g/mol. The predicted molar refractivity (Wildman–Crippen MR) is 114 cm³/mol. The molecule has 3 saturated carbocycles. The SMILES string of the molecule is COc1ccc(C2=CC[C@@]3(C)[C@H](CC[C@@H]4[C@H]3CC[C@]3(C)[C@@H](O)CC[C@@H]43)C2)cc1. The second-order valence-electron chi connectivity index (χ2n) is 10.7. The average Bonchev–Trinajstić information content (AvgIpc) is 3.02. The highest BCUT2D eigenvalue weighted by atomic mass is 16.5. The van der Waals surface area contributed by atoms with Crippen LogP contribution in [0, 0.1) is 34.5 Å². The van der Waals surface area contributed by atoms with E-state index in [1.807, 2.05) is 0 Å². The van der Waals surface area contributed by atoms with Gasteiger partial charge in [0.1, 0.15) is 5.75 Å². The highest BCUT2D eigenvalue weighted by Crippen LogP contribution is 2.66. The minimum atomic E-state index is -0.0584. The Morgan fingerprint density at radius 3 is 2.43 bits per heavy atom. The van der Waals surface area contributed by atoms with Crippen molar-refractivity contribution in [1.29, 1.82) is 0 Å². The number of ether oxygens (including phenoxy) is 1. The smallest absolute Gasteiger partial charge is 0.118 e. The van der Waals surface area contributed by atoms with Gasteiger partial charge in [-0.2, -0.15) is 0 Å². The van der Waals surface area contributed by atoms with E-state index in [0.717, 1.165) is 35.8 Å². The summed E-state index contributed by atoms with van der Waals surface area (Å²) in [7, 11) is 1.73. The van der Waals surface area contributed by atoms with Crippen LogP contribution in [0.25, 0.3) is 5.57 Å². The lowest BCUT2D eigenvalue weighted by molar-refractivity contribution is -0.108. The van der Waals surface area contributed by atoms with E-state index in [1.54, 1.807) is 12.7 Å². The van der Waals surface area contributed by atoms with Crippen LogP contribution in [0.5, 0.6) is 5.75 Å². The summed E-state index contributed by atoms with van der Waals surface area (Å²) in [5.74, 6) is 4.20. The largest absolute Gasteiger partial charge is 0.497 e. The highest BCUT2D eigenvalue weighted by molar-refractivity contribution is 5.67. The fourth-order valence-electron chi connectivity index (χ4n) is 7.89. The third kappa shape index (κ3) is 2.63. The Labute approximate surface area is 170 Å². The number of benzene rings is 1. The second kappa shape index (κ2) is 6.62. The van der Waals surface area contributed by atoms with Crippen molar-refractivity contribution in [2.75, 3.05) is 7.11 Å². The first kappa shape index (κ1) is 18.7. The maximum atomic E-state index is 10.7. The lowest BCUT2D eigenvalue weighted by Crippen LogP contribution is -2.53. The third-order valence-electron chi connectivity index (χ3n) is 9.73. The molecular weight excluding hydrogens is 344 g/mol. The van der Waals surface area contributed by atoms with Gasteiger partial charge in [0.05, 0.1) is 13.2 Å². The molecule has 2 heteroatoms. The van der Waals surface area contributed by atoms with Gasteiger partial charge in [0.15, 0.2) is 0 Å². The first-order valence-corrected chi connectivity index (χ1v) is 11.5. The van der Waals surface area contributed by atoms with Gasteiger partial charge in [-0.05, 0) is 109 Å². The molecule has 0 aliphatic heterocycles. The molecule has 1 aromatic carbocycles. The topological polar surface area (TPSA) is 29.5 Å². The molecule has 1 N–H and O–H groups in total. The molecule has 0 heterocycles. The Morgan fingerprint density at radius 1 is 0.929 bits per heavy atom. The van der Waals surface area contributed by atoms with Gasteiger partial charge in [0.25, 0.3) is 0 Å². The van der Waals surface area contributed by atoms with Gasteiger partial charge in [0, 0.05) is 0 Å². The van der Waals surface area contributed by atoms with Crippen LogP contribution in [0.2, 0.25) is 0 Å². The number of rotatable bonds is 2. The van der Waals surface area contributed by atoms with Crippen LogP contribution in [0.3, 0.4) is 0 Å². The van der Waals surface area contributed by atoms with Crippen molar-refractivity contribution < 1.29 is 9.84 Å². The summed E-state index contributed by atoms with van der Waals surface area (Å²) in [5.41, 5.74) is 3.57. The quantitative estimate of drug-likeness (QED) is 0.672. The van der Waals surface area contributed by atoms with Gasteiger partial charge in [-0.3, -0.25) is 0 Å². The van der Waals surface area contributed by atoms with Gasteiger partial charge >= 0.3 is 0 Å². The van der Waals surface area contributed by atoms with Gasteiger partial charge in [-0.25, -0.2) is 0 Å². The fraction of sp³-hybridized carbons (Fsp3) is 0.692. The third-order valence-corrected chi connectivity index (χ3v) is 9.73. The molecule has 7 atom stereocenters. The van der Waals surface area contributed by atoms with E-state index in [4.69, 9.17) is 4.74 Å². The molecule has 4 aliphatic carbocycles. The van der Waals surface area contributed by atoms with E-state index in [1.165, 1.54) is 50.5 Å². The molecule has 2 nitrogen and oxygen atoms in total. The molecule has 0 aromatic heterocycles. The van der Waals surface area contributed by atoms with E-state index < -0.39 is 0 Å². The van der Waals surface area contributed by atoms with Gasteiger partial charge in [-0.15, -0.1) is 0 Å². The van der Waals surface area contributed by atoms with Crippen LogP contribution in [0.15, 0.2) is 30.3 Å². The molecule has 0 amide bonds. The summed E-state index contributed by atoms with van der Waals surface area (Å²) in [6.07, 6.45) is 12.6. The minimum absolute atomic E-state index is 0.0584. The van der Waals surface area contributed by atoms with Crippen molar-refractivity contribution in [2.45, 2.75) is 71.3 Å². The zero-order valence-electron chi connectivity index (χ0n) is 17.8. The number of hydrogen-bond donors (Lipinski definition) is 1. The molecule has 0 radical (unpaired) electrons. The molecule has 0 bridgehead atoms. The summed E-state index contributed by atoms with van der Waals surface area (Å²) in [5, 5.41) is 10.7. The van der Waals surface area contributed by atoms with E-state index in [2.05, 4.69) is 44.2 Å². The zero-order valence-corrected chi connectivity index (χ0v) is 17.8. The van der Waals surface area contributed by atoms with Crippen molar-refractivity contribution >= 4 is 5.57 Å². The predicted octanol–water partition coefficient (Wildman–Crippen LogP) is 6.09. The number of allylic oxidation sites excluding steroid dienone is 2. The van der Waals surface area contributed by atoms with Crippen LogP contribution in [-0.4, -0.2) is 18.3 Å². The van der Waals surface area contributed by atoms with Crippen molar-refractivity contribution in [3.8, 4) is 5.75 Å². The monoisotopic (exact) mass is 380 g/mol. The fourth-order valence-corrected chi connectivity index (χ4v) is 7.89. The minimum Gasteiger partial charge on any atom is -0.497 e. The summed E-state index contributed by atoms with van der Waals surface area (Å²) in [6.45, 7) is 4.99. The Bertz CT molecular complexity index is 765. The van der Waals surface area contributed by atoms with Gasteiger partial charge in [-0.1, -0.05) is 32.1 Å². The zero-order chi connectivity index (χ0) is 19.5. The lowest BCUT2D eigenvalue weighted by atomic mass is 9.45. The van der Waals surface area contributed by atoms with E-state index in [9.17, 15) is 5.11 Å². The maximum absolute atomic E-state index is 10.7. The molecule has 28 heavy (non-hydrogen) atoms. The van der Waals surface area contributed by atoms with Crippen LogP contribution >= 0.6 is 0 Å². The summed E-state index contributed by atoms with van der Waals surface area (Å²) in [6, 6.07) is 8.64. The molecular formula is C26H36O2. The Hall–Kier alpha value is -1.28. The Kier molecular flexibility index (Phi) is 4.43. The molecule has 0 saturated heterocycles. The number of methoxy groups -OCH3 is 1. The molecule has 0 spiro atoms. The van der Waals surface area contributed by atoms with E-state index >= 15 is 0 Å². The Morgan fingerprint density at radius 2 is 1.68 bits per heavy atom. The number of aliphatic hydroxyl groups is 1. The van der Waals surface area contributed by atoms with Crippen LogP contribution < -0.4 is 4.74 Å². The highest BCUT2D eigenvalue weighted by Gasteiger charge is 2.59. The van der Waals surface area contributed by atoms with Crippen LogP contribution in [0.1, 0.15) is 70.8 Å². The molecule has 152 valence electrons. The van der Waals surface area contributed by atoms with Crippen molar-refractivity contribution in [1.82, 2.24) is 0 Å². The maximum Gasteiger partial charge on any atom is 0.118 e. The van der Waals surface area contributed by atoms with Crippen molar-refractivity contribution in [3.05, 3.63) is 35.9 Å². The van der Waals surface area contributed by atoms with Crippen molar-refractivity contribution in [2.24, 2.45) is 34.5 Å². The summed E-state index contributed by atoms with van der Waals surface area (Å²) < 4.78 is 5.33. The van der Waals surface area contributed by atoms with Gasteiger partial charge < -0.3 is 9.84 Å². The summed E-state index contributed by atoms with van der Waals surface area (Å²) in [4.78, 5) is 0. The lowest BCUT2D eigenvalue weighted by Gasteiger charge is -2.59. The molecule has 3 fully saturated rings. The van der Waals surface area contributed by atoms with E-state index in [0.29, 0.717) is 5.41 Å². The Balaban J connectivity index is 1.40.